The van der Waals surface area contributed by atoms with Crippen molar-refractivity contribution in [2.24, 2.45) is 4.36 Å². The first-order chi connectivity index (χ1) is 13.1. The number of aromatic nitrogens is 3. The Bertz CT molecular complexity index is 1020. The predicted octanol–water partition coefficient (Wildman–Crippen LogP) is 3.89. The van der Waals surface area contributed by atoms with Crippen LogP contribution < -0.4 is 5.32 Å². The van der Waals surface area contributed by atoms with Gasteiger partial charge >= 0.3 is 6.03 Å². The Kier molecular flexibility index (Phi) is 4.03. The van der Waals surface area contributed by atoms with E-state index in [1.165, 1.54) is 0 Å². The van der Waals surface area contributed by atoms with Gasteiger partial charge in [-0.15, -0.1) is 10.6 Å². The SMILES string of the molecule is C[C@@H]1CCc2c1nc1c(c2NC(=O)N=[S-](=O)c2ccn(C3CC3)n2)CCC1. The van der Waals surface area contributed by atoms with E-state index in [0.29, 0.717) is 17.0 Å². The van der Waals surface area contributed by atoms with Crippen LogP contribution in [0.2, 0.25) is 0 Å². The minimum atomic E-state index is -1.79. The van der Waals surface area contributed by atoms with Crippen LogP contribution in [0.15, 0.2) is 21.7 Å². The normalized spacial score (nSPS) is 21.9. The summed E-state index contributed by atoms with van der Waals surface area (Å²) < 4.78 is 18.1. The molecule has 27 heavy (non-hydrogen) atoms. The summed E-state index contributed by atoms with van der Waals surface area (Å²) in [6.45, 7) is 2.18. The Morgan fingerprint density at radius 1 is 1.26 bits per heavy atom. The Morgan fingerprint density at radius 3 is 2.93 bits per heavy atom. The number of carbonyl (C=O) groups excluding carboxylic acids is 1. The number of fused-ring (bicyclic) bond motifs is 2. The summed E-state index contributed by atoms with van der Waals surface area (Å²) >= 11 is 0. The molecule has 1 fully saturated rings. The third-order valence-electron chi connectivity index (χ3n) is 5.73. The van der Waals surface area contributed by atoms with Gasteiger partial charge in [0.2, 0.25) is 0 Å². The summed E-state index contributed by atoms with van der Waals surface area (Å²) in [6.07, 6.45) is 8.92. The zero-order valence-corrected chi connectivity index (χ0v) is 16.1. The average molecular weight is 384 g/mol. The number of hydrogen-bond acceptors (Lipinski definition) is 5. The number of amides is 2. The summed E-state index contributed by atoms with van der Waals surface area (Å²) in [6, 6.07) is 1.51. The lowest BCUT2D eigenvalue weighted by Gasteiger charge is -2.15. The molecule has 0 saturated heterocycles. The number of rotatable bonds is 3. The number of carbonyl (C=O) groups is 1. The lowest BCUT2D eigenvalue weighted by Crippen LogP contribution is -2.12. The van der Waals surface area contributed by atoms with Gasteiger partial charge in [0.15, 0.2) is 0 Å². The third-order valence-corrected chi connectivity index (χ3v) is 6.64. The number of nitrogens with one attached hydrogen (secondary N) is 1. The first-order valence-electron chi connectivity index (χ1n) is 9.64. The second-order valence-electron chi connectivity index (χ2n) is 7.70. The fraction of sp³-hybridized carbons (Fsp3) is 0.526. The minimum Gasteiger partial charge on any atom is -0.438 e. The van der Waals surface area contributed by atoms with Gasteiger partial charge in [-0.25, -0.2) is 4.79 Å². The smallest absolute Gasteiger partial charge is 0.322 e. The molecule has 3 aliphatic rings. The third kappa shape index (κ3) is 3.05. The number of nitrogens with zero attached hydrogens (tertiary/aromatic N) is 4. The molecular formula is C19H22N5O2S-. The molecule has 0 unspecified atom stereocenters. The number of pyridine rings is 1. The van der Waals surface area contributed by atoms with E-state index < -0.39 is 16.6 Å². The van der Waals surface area contributed by atoms with Crippen LogP contribution in [0.3, 0.4) is 0 Å². The largest absolute Gasteiger partial charge is 0.438 e. The van der Waals surface area contributed by atoms with Crippen molar-refractivity contribution in [1.29, 1.82) is 0 Å². The highest BCUT2D eigenvalue weighted by molar-refractivity contribution is 7.75. The minimum absolute atomic E-state index is 0.329. The van der Waals surface area contributed by atoms with Crippen molar-refractivity contribution in [3.63, 3.8) is 0 Å². The molecule has 1 atom stereocenters. The van der Waals surface area contributed by atoms with E-state index in [1.807, 2.05) is 10.9 Å². The Morgan fingerprint density at radius 2 is 2.11 bits per heavy atom. The molecule has 1 N–H and O–H groups in total. The van der Waals surface area contributed by atoms with Gasteiger partial charge in [0.25, 0.3) is 0 Å². The molecule has 0 spiro atoms. The molecule has 0 aromatic carbocycles. The molecule has 0 aliphatic heterocycles. The van der Waals surface area contributed by atoms with Gasteiger partial charge in [-0.05, 0) is 68.1 Å². The van der Waals surface area contributed by atoms with Crippen LogP contribution in [0, 0.1) is 0 Å². The second kappa shape index (κ2) is 6.44. The lowest BCUT2D eigenvalue weighted by molar-refractivity contribution is 0.260. The van der Waals surface area contributed by atoms with Crippen molar-refractivity contribution in [2.45, 2.75) is 68.9 Å². The van der Waals surface area contributed by atoms with Gasteiger partial charge in [-0.3, -0.25) is 9.67 Å². The molecule has 2 aromatic heterocycles. The van der Waals surface area contributed by atoms with E-state index in [2.05, 4.69) is 21.7 Å². The molecule has 2 aromatic rings. The first kappa shape index (κ1) is 16.9. The van der Waals surface area contributed by atoms with Crippen LogP contribution in [0.25, 0.3) is 0 Å². The van der Waals surface area contributed by atoms with Crippen molar-refractivity contribution in [2.75, 3.05) is 5.32 Å². The maximum atomic E-state index is 12.5. The topological polar surface area (TPSA) is 89.2 Å². The van der Waals surface area contributed by atoms with Crippen molar-refractivity contribution >= 4 is 22.3 Å². The Labute approximate surface area is 159 Å². The van der Waals surface area contributed by atoms with E-state index in [0.717, 1.165) is 73.1 Å². The van der Waals surface area contributed by atoms with Crippen molar-refractivity contribution < 1.29 is 9.00 Å². The van der Waals surface area contributed by atoms with E-state index in [4.69, 9.17) is 4.98 Å². The lowest BCUT2D eigenvalue weighted by atomic mass is 10.0. The molecule has 2 heterocycles. The molecule has 7 nitrogen and oxygen atoms in total. The molecule has 8 heteroatoms. The van der Waals surface area contributed by atoms with Crippen LogP contribution in [-0.2, 0) is 34.1 Å². The Balaban J connectivity index is 1.42. The summed E-state index contributed by atoms with van der Waals surface area (Å²) in [5.74, 6) is 0.416. The van der Waals surface area contributed by atoms with Gasteiger partial charge < -0.3 is 13.9 Å². The molecule has 1 saturated carbocycles. The van der Waals surface area contributed by atoms with Crippen molar-refractivity contribution in [3.8, 4) is 0 Å². The first-order valence-corrected chi connectivity index (χ1v) is 10.7. The molecule has 0 bridgehead atoms. The number of urea groups is 1. The zero-order valence-electron chi connectivity index (χ0n) is 15.3. The summed E-state index contributed by atoms with van der Waals surface area (Å²) in [7, 11) is -1.79. The van der Waals surface area contributed by atoms with E-state index in [-0.39, 0.29) is 0 Å². The highest BCUT2D eigenvalue weighted by Crippen LogP contribution is 2.41. The van der Waals surface area contributed by atoms with Gasteiger partial charge in [0.05, 0.1) is 11.7 Å². The van der Waals surface area contributed by atoms with Gasteiger partial charge in [-0.1, -0.05) is 6.92 Å². The van der Waals surface area contributed by atoms with Crippen molar-refractivity contribution in [1.82, 2.24) is 14.8 Å². The fourth-order valence-electron chi connectivity index (χ4n) is 4.16. The molecular weight excluding hydrogens is 362 g/mol. The molecule has 5 rings (SSSR count). The van der Waals surface area contributed by atoms with Gasteiger partial charge in [0.1, 0.15) is 0 Å². The number of aryl methyl sites for hydroxylation is 1. The van der Waals surface area contributed by atoms with E-state index >= 15 is 0 Å². The van der Waals surface area contributed by atoms with E-state index in [9.17, 15) is 9.00 Å². The summed E-state index contributed by atoms with van der Waals surface area (Å²) in [4.78, 5) is 17.4. The van der Waals surface area contributed by atoms with Crippen molar-refractivity contribution in [3.05, 3.63) is 34.8 Å². The summed E-state index contributed by atoms with van der Waals surface area (Å²) in [5, 5.41) is 7.55. The second-order valence-corrected chi connectivity index (χ2v) is 8.80. The predicted molar refractivity (Wildman–Crippen MR) is 101 cm³/mol. The van der Waals surface area contributed by atoms with E-state index in [1.54, 1.807) is 6.07 Å². The van der Waals surface area contributed by atoms with Crippen LogP contribution in [0.5, 0.6) is 0 Å². The monoisotopic (exact) mass is 384 g/mol. The van der Waals surface area contributed by atoms with Gasteiger partial charge in [-0.2, -0.15) is 5.10 Å². The highest BCUT2D eigenvalue weighted by atomic mass is 32.2. The quantitative estimate of drug-likeness (QED) is 0.813. The van der Waals surface area contributed by atoms with Gasteiger partial charge in [0, 0.05) is 22.6 Å². The van der Waals surface area contributed by atoms with Crippen LogP contribution in [-0.4, -0.2) is 20.8 Å². The highest BCUT2D eigenvalue weighted by Gasteiger charge is 2.29. The maximum Gasteiger partial charge on any atom is 0.322 e. The standard InChI is InChI=1S/C19H22N5O2S/c1-11-5-8-14-17(11)20-15-4-2-3-13(15)18(14)21-19(25)23-27(26)16-9-10-24(22-16)12-6-7-12/h9-12H,2-8H2,1H3,(H,20,21,25)/q-1/t11-/m1/s1. The molecule has 3 aliphatic carbocycles. The molecule has 2 amide bonds. The number of anilines is 1. The number of hydrogen-bond donors (Lipinski definition) is 1. The van der Waals surface area contributed by atoms with Crippen LogP contribution in [0.1, 0.15) is 67.1 Å². The zero-order chi connectivity index (χ0) is 18.5. The molecule has 142 valence electrons. The molecule has 0 radical (unpaired) electrons. The van der Waals surface area contributed by atoms with Crippen LogP contribution >= 0.6 is 0 Å². The van der Waals surface area contributed by atoms with Crippen LogP contribution in [0.4, 0.5) is 10.5 Å². The Hall–Kier alpha value is -2.22. The fourth-order valence-corrected chi connectivity index (χ4v) is 4.79. The maximum absolute atomic E-state index is 12.5. The average Bonchev–Trinajstić information content (AvgIpc) is 3.06. The summed E-state index contributed by atoms with van der Waals surface area (Å²) in [5.41, 5.74) is 5.34.